The lowest BCUT2D eigenvalue weighted by Crippen LogP contribution is -2.39. The van der Waals surface area contributed by atoms with Crippen LogP contribution in [-0.4, -0.2) is 75.5 Å². The van der Waals surface area contributed by atoms with E-state index in [-0.39, 0.29) is 0 Å². The van der Waals surface area contributed by atoms with Crippen molar-refractivity contribution in [3.63, 3.8) is 0 Å². The third kappa shape index (κ3) is 9.46. The van der Waals surface area contributed by atoms with Gasteiger partial charge in [0.25, 0.3) is 0 Å². The average Bonchev–Trinajstić information content (AvgIpc) is 2.70. The fraction of sp³-hybridized carbons (Fsp3) is 1.00. The van der Waals surface area contributed by atoms with Gasteiger partial charge in [-0.1, -0.05) is 27.7 Å². The van der Waals surface area contributed by atoms with Crippen molar-refractivity contribution in [3.8, 4) is 0 Å². The molecule has 21 heavy (non-hydrogen) atoms. The summed E-state index contributed by atoms with van der Waals surface area (Å²) in [6, 6.07) is 0. The lowest BCUT2D eigenvalue weighted by molar-refractivity contribution is -0.0293. The minimum absolute atomic E-state index is 0.564. The van der Waals surface area contributed by atoms with Crippen LogP contribution in [0.15, 0.2) is 0 Å². The highest BCUT2D eigenvalue weighted by atomic mass is 16.5. The number of likely N-dealkylation sites (tertiary alicyclic amines) is 1. The molecule has 2 atom stereocenters. The number of rotatable bonds is 0. The summed E-state index contributed by atoms with van der Waals surface area (Å²) in [7, 11) is 4.31. The number of hydrogen-bond donors (Lipinski definition) is 0. The fourth-order valence-corrected chi connectivity index (χ4v) is 2.69. The summed E-state index contributed by atoms with van der Waals surface area (Å²) in [6.45, 7) is 14.5. The maximum absolute atomic E-state index is 5.63. The Bertz CT molecular complexity index is 207. The van der Waals surface area contributed by atoms with Crippen LogP contribution in [0.5, 0.6) is 0 Å². The van der Waals surface area contributed by atoms with Crippen molar-refractivity contribution >= 4 is 0 Å². The molecular weight excluding hydrogens is 264 g/mol. The summed E-state index contributed by atoms with van der Waals surface area (Å²) in [4.78, 5) is 4.67. The van der Waals surface area contributed by atoms with E-state index >= 15 is 0 Å². The molecular formula is C17H38N2O2. The van der Waals surface area contributed by atoms with E-state index in [0.29, 0.717) is 12.2 Å². The lowest BCUT2D eigenvalue weighted by atomic mass is 10.2. The first kappa shape index (κ1) is 20.8. The fourth-order valence-electron chi connectivity index (χ4n) is 2.69. The van der Waals surface area contributed by atoms with Crippen molar-refractivity contribution in [2.45, 2.75) is 59.2 Å². The smallest absolute Gasteiger partial charge is 0.0707 e. The number of morpholine rings is 1. The highest BCUT2D eigenvalue weighted by Crippen LogP contribution is 2.24. The zero-order valence-corrected chi connectivity index (χ0v) is 15.2. The van der Waals surface area contributed by atoms with E-state index in [9.17, 15) is 0 Å². The lowest BCUT2D eigenvalue weighted by Gasteiger charge is -2.28. The molecule has 0 amide bonds. The van der Waals surface area contributed by atoms with Gasteiger partial charge in [-0.25, -0.2) is 0 Å². The third-order valence-electron chi connectivity index (χ3n) is 3.67. The highest BCUT2D eigenvalue weighted by molar-refractivity contribution is 4.82. The molecule has 0 aromatic rings. The van der Waals surface area contributed by atoms with Crippen LogP contribution < -0.4 is 0 Å². The quantitative estimate of drug-likeness (QED) is 0.687. The Balaban J connectivity index is 0.000000311. The van der Waals surface area contributed by atoms with Crippen molar-refractivity contribution in [2.24, 2.45) is 0 Å². The molecule has 0 aliphatic carbocycles. The minimum Gasteiger partial charge on any atom is -0.380 e. The molecule has 3 aliphatic heterocycles. The number of likely N-dealkylation sites (N-methyl/N-ethyl adjacent to an activating group) is 2. The molecule has 3 fully saturated rings. The molecule has 0 aromatic carbocycles. The van der Waals surface area contributed by atoms with Crippen LogP contribution in [0.2, 0.25) is 0 Å². The van der Waals surface area contributed by atoms with Crippen LogP contribution in [0.1, 0.15) is 47.0 Å². The van der Waals surface area contributed by atoms with E-state index in [4.69, 9.17) is 9.47 Å². The zero-order chi connectivity index (χ0) is 16.1. The third-order valence-corrected chi connectivity index (χ3v) is 3.67. The van der Waals surface area contributed by atoms with Crippen LogP contribution in [-0.2, 0) is 9.47 Å². The van der Waals surface area contributed by atoms with E-state index in [0.717, 1.165) is 32.8 Å². The van der Waals surface area contributed by atoms with Crippen molar-refractivity contribution in [1.82, 2.24) is 9.80 Å². The second-order valence-electron chi connectivity index (χ2n) is 5.45. The summed E-state index contributed by atoms with van der Waals surface area (Å²) >= 11 is 0. The predicted octanol–water partition coefficient (Wildman–Crippen LogP) is 2.87. The van der Waals surface area contributed by atoms with Gasteiger partial charge in [-0.3, -0.25) is 0 Å². The molecule has 3 heterocycles. The van der Waals surface area contributed by atoms with Crippen molar-refractivity contribution in [3.05, 3.63) is 0 Å². The van der Waals surface area contributed by atoms with Crippen molar-refractivity contribution in [1.29, 1.82) is 0 Å². The molecule has 3 saturated heterocycles. The minimum atomic E-state index is 0.564. The molecule has 3 rings (SSSR count). The Hall–Kier alpha value is -0.160. The summed E-state index contributed by atoms with van der Waals surface area (Å²) in [6.07, 6.45) is 4.89. The molecule has 0 N–H and O–H groups in total. The number of nitrogens with zero attached hydrogens (tertiary/aromatic N) is 2. The van der Waals surface area contributed by atoms with Gasteiger partial charge in [-0.2, -0.15) is 0 Å². The van der Waals surface area contributed by atoms with E-state index in [1.165, 1.54) is 25.8 Å². The van der Waals surface area contributed by atoms with Gasteiger partial charge in [0.05, 0.1) is 18.8 Å². The Morgan fingerprint density at radius 2 is 1.33 bits per heavy atom. The van der Waals surface area contributed by atoms with E-state index in [1.54, 1.807) is 0 Å². The maximum atomic E-state index is 5.63. The van der Waals surface area contributed by atoms with Crippen molar-refractivity contribution < 1.29 is 9.47 Å². The van der Waals surface area contributed by atoms with Gasteiger partial charge in [0.1, 0.15) is 0 Å². The summed E-state index contributed by atoms with van der Waals surface area (Å²) in [5.41, 5.74) is 0. The molecule has 0 spiro atoms. The van der Waals surface area contributed by atoms with Gasteiger partial charge in [-0.15, -0.1) is 0 Å². The van der Waals surface area contributed by atoms with E-state index < -0.39 is 0 Å². The standard InChI is InChI=1S/C7H13NO.C6H13NO.2C2H6/c1-8-4-6-2-3-7(5-8)9-6;1-7-3-2-5-8-6-4-7;2*1-2/h6-7H,2-5H2,1H3;2-6H2,1H3;2*1-2H3. The Morgan fingerprint density at radius 1 is 0.762 bits per heavy atom. The first-order chi connectivity index (χ1) is 10.2. The topological polar surface area (TPSA) is 24.9 Å². The SMILES string of the molecule is CC.CC.CN1CC2CCC(C1)O2.CN1CCCOCC1. The van der Waals surface area contributed by atoms with E-state index in [2.05, 4.69) is 23.9 Å². The molecule has 0 aromatic heterocycles. The number of fused-ring (bicyclic) bond motifs is 2. The summed E-state index contributed by atoms with van der Waals surface area (Å²) < 4.78 is 10.8. The van der Waals surface area contributed by atoms with Crippen LogP contribution in [0.25, 0.3) is 0 Å². The maximum Gasteiger partial charge on any atom is 0.0707 e. The molecule has 2 bridgehead atoms. The molecule has 4 heteroatoms. The summed E-state index contributed by atoms with van der Waals surface area (Å²) in [5.74, 6) is 0. The number of hydrogen-bond acceptors (Lipinski definition) is 4. The normalized spacial score (nSPS) is 28.9. The molecule has 128 valence electrons. The van der Waals surface area contributed by atoms with Crippen LogP contribution in [0.3, 0.4) is 0 Å². The van der Waals surface area contributed by atoms with Gasteiger partial charge in [0, 0.05) is 32.8 Å². The van der Waals surface area contributed by atoms with Gasteiger partial charge < -0.3 is 19.3 Å². The van der Waals surface area contributed by atoms with Crippen LogP contribution >= 0.6 is 0 Å². The first-order valence-corrected chi connectivity index (χ1v) is 8.84. The van der Waals surface area contributed by atoms with Crippen LogP contribution in [0.4, 0.5) is 0 Å². The molecule has 0 radical (unpaired) electrons. The van der Waals surface area contributed by atoms with Crippen molar-refractivity contribution in [2.75, 3.05) is 53.5 Å². The summed E-state index contributed by atoms with van der Waals surface area (Å²) in [5, 5.41) is 0. The predicted molar refractivity (Wildman–Crippen MR) is 91.0 cm³/mol. The Morgan fingerprint density at radius 3 is 1.90 bits per heavy atom. The van der Waals surface area contributed by atoms with Gasteiger partial charge in [-0.05, 0) is 33.4 Å². The van der Waals surface area contributed by atoms with Gasteiger partial charge in [0.15, 0.2) is 0 Å². The zero-order valence-electron chi connectivity index (χ0n) is 15.2. The second-order valence-corrected chi connectivity index (χ2v) is 5.45. The largest absolute Gasteiger partial charge is 0.380 e. The molecule has 3 aliphatic rings. The van der Waals surface area contributed by atoms with Gasteiger partial charge in [0.2, 0.25) is 0 Å². The highest BCUT2D eigenvalue weighted by Gasteiger charge is 2.31. The molecule has 2 unspecified atom stereocenters. The average molecular weight is 303 g/mol. The Kier molecular flexibility index (Phi) is 13.4. The molecule has 0 saturated carbocycles. The molecule has 4 nitrogen and oxygen atoms in total. The Labute approximate surface area is 132 Å². The van der Waals surface area contributed by atoms with Crippen LogP contribution in [0, 0.1) is 0 Å². The monoisotopic (exact) mass is 302 g/mol. The second kappa shape index (κ2) is 13.5. The first-order valence-electron chi connectivity index (χ1n) is 8.84. The number of ether oxygens (including phenoxy) is 2. The van der Waals surface area contributed by atoms with E-state index in [1.807, 2.05) is 27.7 Å². The van der Waals surface area contributed by atoms with Gasteiger partial charge >= 0.3 is 0 Å².